The molecule has 6 heteroatoms. The van der Waals surface area contributed by atoms with Crippen molar-refractivity contribution in [2.45, 2.75) is 11.3 Å². The number of esters is 2. The van der Waals surface area contributed by atoms with E-state index < -0.39 is 29.2 Å². The van der Waals surface area contributed by atoms with E-state index in [1.165, 1.54) is 14.2 Å². The number of fused-ring (bicyclic) bond motifs is 4. The first-order valence-corrected chi connectivity index (χ1v) is 11.4. The molecule has 1 spiro atoms. The molecule has 0 N–H and O–H groups in total. The predicted molar refractivity (Wildman–Crippen MR) is 132 cm³/mol. The Morgan fingerprint density at radius 1 is 0.857 bits per heavy atom. The number of hydrogen-bond acceptors (Lipinski definition) is 5. The van der Waals surface area contributed by atoms with E-state index in [9.17, 15) is 14.4 Å². The number of hydrogen-bond donors (Lipinski definition) is 0. The molecule has 176 valence electrons. The predicted octanol–water partition coefficient (Wildman–Crippen LogP) is 4.23. The third-order valence-corrected chi connectivity index (χ3v) is 7.10. The lowest BCUT2D eigenvalue weighted by Gasteiger charge is -2.36. The summed E-state index contributed by atoms with van der Waals surface area (Å²) in [6.07, 6.45) is 3.61. The summed E-state index contributed by atoms with van der Waals surface area (Å²) < 4.78 is 9.96. The molecule has 0 bridgehead atoms. The molecule has 1 aliphatic carbocycles. The van der Waals surface area contributed by atoms with Crippen LogP contribution in [0.5, 0.6) is 0 Å². The van der Waals surface area contributed by atoms with Crippen molar-refractivity contribution < 1.29 is 23.9 Å². The molecule has 35 heavy (non-hydrogen) atoms. The maximum Gasteiger partial charge on any atom is 0.321 e. The number of carbonyl (C=O) groups excluding carboxylic acids is 3. The molecule has 1 amide bonds. The molecule has 5 rings (SSSR count). The summed E-state index contributed by atoms with van der Waals surface area (Å²) in [5.74, 6) is -3.32. The molecular formula is C29H25NO5. The molecule has 0 unspecified atom stereocenters. The normalized spacial score (nSPS) is 20.1. The Kier molecular flexibility index (Phi) is 5.52. The van der Waals surface area contributed by atoms with Gasteiger partial charge in [0, 0.05) is 18.7 Å². The first-order chi connectivity index (χ1) is 16.9. The highest BCUT2D eigenvalue weighted by molar-refractivity contribution is 6.12. The highest BCUT2D eigenvalue weighted by Crippen LogP contribution is 2.52. The molecule has 3 aromatic rings. The second-order valence-corrected chi connectivity index (χ2v) is 8.77. The SMILES string of the molecule is COC(=O)C(C(=O)OC)[C@@H]1C=C[C@]2(C(=O)N(C)c3ccccc32)c2ccc(-c3ccccc3)cc21. The minimum absolute atomic E-state index is 0.0882. The van der Waals surface area contributed by atoms with E-state index in [-0.39, 0.29) is 5.91 Å². The van der Waals surface area contributed by atoms with Crippen molar-refractivity contribution in [2.24, 2.45) is 5.92 Å². The van der Waals surface area contributed by atoms with Crippen molar-refractivity contribution in [1.29, 1.82) is 0 Å². The first-order valence-electron chi connectivity index (χ1n) is 11.4. The van der Waals surface area contributed by atoms with E-state index in [4.69, 9.17) is 9.47 Å². The Bertz CT molecular complexity index is 1350. The fourth-order valence-corrected chi connectivity index (χ4v) is 5.39. The molecule has 0 fully saturated rings. The molecule has 0 saturated carbocycles. The standard InChI is InChI=1S/C29H25NO5/c1-30-24-12-8-7-11-23(24)29(28(30)33)16-15-20(25(26(31)34-2)27(32)35-3)21-17-19(13-14-22(21)29)18-9-5-4-6-10-18/h4-17,20,25H,1-3H3/t20-,29+/m1/s1. The highest BCUT2D eigenvalue weighted by atomic mass is 16.5. The smallest absolute Gasteiger partial charge is 0.321 e. The van der Waals surface area contributed by atoms with Gasteiger partial charge in [-0.15, -0.1) is 0 Å². The molecule has 3 aromatic carbocycles. The van der Waals surface area contributed by atoms with Crippen molar-refractivity contribution in [3.05, 3.63) is 102 Å². The van der Waals surface area contributed by atoms with Gasteiger partial charge >= 0.3 is 11.9 Å². The summed E-state index contributed by atoms with van der Waals surface area (Å²) >= 11 is 0. The van der Waals surface area contributed by atoms with Gasteiger partial charge in [0.2, 0.25) is 5.91 Å². The summed E-state index contributed by atoms with van der Waals surface area (Å²) in [4.78, 5) is 41.0. The van der Waals surface area contributed by atoms with Crippen molar-refractivity contribution in [3.63, 3.8) is 0 Å². The lowest BCUT2D eigenvalue weighted by Crippen LogP contribution is -2.42. The van der Waals surface area contributed by atoms with E-state index in [0.29, 0.717) is 5.56 Å². The van der Waals surface area contributed by atoms with Crippen LogP contribution in [0.15, 0.2) is 84.9 Å². The number of anilines is 1. The molecule has 6 nitrogen and oxygen atoms in total. The molecule has 0 aromatic heterocycles. The second-order valence-electron chi connectivity index (χ2n) is 8.77. The van der Waals surface area contributed by atoms with Crippen LogP contribution in [-0.4, -0.2) is 39.1 Å². The lowest BCUT2D eigenvalue weighted by molar-refractivity contribution is -0.159. The van der Waals surface area contributed by atoms with Crippen LogP contribution in [0.1, 0.15) is 22.6 Å². The topological polar surface area (TPSA) is 72.9 Å². The van der Waals surface area contributed by atoms with Gasteiger partial charge in [0.15, 0.2) is 5.92 Å². The van der Waals surface area contributed by atoms with Crippen LogP contribution in [0, 0.1) is 5.92 Å². The number of carbonyl (C=O) groups is 3. The number of ether oxygens (including phenoxy) is 2. The van der Waals surface area contributed by atoms with Crippen LogP contribution < -0.4 is 4.90 Å². The van der Waals surface area contributed by atoms with Gasteiger partial charge in [-0.2, -0.15) is 0 Å². The zero-order valence-electron chi connectivity index (χ0n) is 19.7. The van der Waals surface area contributed by atoms with Gasteiger partial charge in [-0.3, -0.25) is 14.4 Å². The van der Waals surface area contributed by atoms with Crippen LogP contribution in [-0.2, 0) is 29.3 Å². The Balaban J connectivity index is 1.78. The number of allylic oxidation sites excluding steroid dienone is 1. The van der Waals surface area contributed by atoms with Gasteiger partial charge in [0.05, 0.1) is 14.2 Å². The molecule has 1 aliphatic heterocycles. The summed E-state index contributed by atoms with van der Waals surface area (Å²) in [7, 11) is 4.26. The molecule has 0 saturated heterocycles. The van der Waals surface area contributed by atoms with E-state index >= 15 is 0 Å². The van der Waals surface area contributed by atoms with Crippen LogP contribution in [0.3, 0.4) is 0 Å². The Hall–Kier alpha value is -4.19. The summed E-state index contributed by atoms with van der Waals surface area (Å²) in [6.45, 7) is 0. The molecule has 0 radical (unpaired) electrons. The zero-order valence-corrected chi connectivity index (χ0v) is 19.7. The minimum atomic E-state index is -1.20. The molecular weight excluding hydrogens is 442 g/mol. The zero-order chi connectivity index (χ0) is 24.7. The molecule has 1 heterocycles. The number of rotatable bonds is 4. The Morgan fingerprint density at radius 2 is 1.51 bits per heavy atom. The maximum absolute atomic E-state index is 13.8. The van der Waals surface area contributed by atoms with Crippen LogP contribution >= 0.6 is 0 Å². The number of benzene rings is 3. The minimum Gasteiger partial charge on any atom is -0.468 e. The van der Waals surface area contributed by atoms with Gasteiger partial charge in [-0.1, -0.05) is 78.9 Å². The van der Waals surface area contributed by atoms with Crippen molar-refractivity contribution in [2.75, 3.05) is 26.2 Å². The number of amides is 1. The van der Waals surface area contributed by atoms with E-state index in [0.717, 1.165) is 27.9 Å². The van der Waals surface area contributed by atoms with E-state index in [2.05, 4.69) is 0 Å². The number of methoxy groups -OCH3 is 2. The van der Waals surface area contributed by atoms with Crippen LogP contribution in [0.2, 0.25) is 0 Å². The summed E-state index contributed by atoms with van der Waals surface area (Å²) in [5.41, 5.74) is 4.00. The quantitative estimate of drug-likeness (QED) is 0.326. The van der Waals surface area contributed by atoms with Gasteiger partial charge in [0.25, 0.3) is 0 Å². The van der Waals surface area contributed by atoms with Crippen LogP contribution in [0.25, 0.3) is 11.1 Å². The molecule has 2 atom stereocenters. The largest absolute Gasteiger partial charge is 0.468 e. The van der Waals surface area contributed by atoms with Crippen molar-refractivity contribution in [3.8, 4) is 11.1 Å². The van der Waals surface area contributed by atoms with Crippen molar-refractivity contribution in [1.82, 2.24) is 0 Å². The Labute approximate surface area is 203 Å². The second kappa shape index (κ2) is 8.55. The van der Waals surface area contributed by atoms with Crippen LogP contribution in [0.4, 0.5) is 5.69 Å². The fourth-order valence-electron chi connectivity index (χ4n) is 5.39. The number of nitrogens with zero attached hydrogens (tertiary/aromatic N) is 1. The van der Waals surface area contributed by atoms with Gasteiger partial charge in [0.1, 0.15) is 5.41 Å². The molecule has 2 aliphatic rings. The monoisotopic (exact) mass is 467 g/mol. The lowest BCUT2D eigenvalue weighted by atomic mass is 9.65. The van der Waals surface area contributed by atoms with Gasteiger partial charge in [-0.25, -0.2) is 0 Å². The number of para-hydroxylation sites is 1. The average Bonchev–Trinajstić information content (AvgIpc) is 3.12. The summed E-state index contributed by atoms with van der Waals surface area (Å²) in [5, 5.41) is 0. The highest BCUT2D eigenvalue weighted by Gasteiger charge is 2.53. The summed E-state index contributed by atoms with van der Waals surface area (Å²) in [6, 6.07) is 23.4. The third kappa shape index (κ3) is 3.28. The fraction of sp³-hybridized carbons (Fsp3) is 0.207. The van der Waals surface area contributed by atoms with E-state index in [1.54, 1.807) is 18.0 Å². The van der Waals surface area contributed by atoms with Crippen molar-refractivity contribution >= 4 is 23.5 Å². The first kappa shape index (κ1) is 22.6. The Morgan fingerprint density at radius 3 is 2.20 bits per heavy atom. The van der Waals surface area contributed by atoms with Gasteiger partial charge in [-0.05, 0) is 33.9 Å². The average molecular weight is 468 g/mol. The third-order valence-electron chi connectivity index (χ3n) is 7.10. The maximum atomic E-state index is 13.8. The van der Waals surface area contributed by atoms with E-state index in [1.807, 2.05) is 78.9 Å². The van der Waals surface area contributed by atoms with Gasteiger partial charge < -0.3 is 14.4 Å². The number of likely N-dealkylation sites (N-methyl/N-ethyl adjacent to an activating group) is 1.